The molecule has 3 rings (SSSR count). The van der Waals surface area contributed by atoms with Crippen LogP contribution in [0, 0.1) is 0 Å². The zero-order valence-electron chi connectivity index (χ0n) is 13.9. The van der Waals surface area contributed by atoms with Gasteiger partial charge in [0.15, 0.2) is 9.84 Å². The Labute approximate surface area is 141 Å². The molecule has 0 saturated carbocycles. The largest absolute Gasteiger partial charge is 0.295 e. The van der Waals surface area contributed by atoms with Crippen LogP contribution in [0.1, 0.15) is 25.5 Å². The summed E-state index contributed by atoms with van der Waals surface area (Å²) < 4.78 is 24.6. The van der Waals surface area contributed by atoms with Crippen LogP contribution in [0.5, 0.6) is 0 Å². The van der Waals surface area contributed by atoms with Gasteiger partial charge in [-0.3, -0.25) is 14.4 Å². The fourth-order valence-electron chi connectivity index (χ4n) is 2.91. The summed E-state index contributed by atoms with van der Waals surface area (Å²) in [6.45, 7) is 4.58. The van der Waals surface area contributed by atoms with Crippen LogP contribution in [0.2, 0.25) is 0 Å². The highest BCUT2D eigenvalue weighted by atomic mass is 32.2. The van der Waals surface area contributed by atoms with E-state index in [0.29, 0.717) is 18.8 Å². The molecule has 8 heteroatoms. The van der Waals surface area contributed by atoms with Gasteiger partial charge in [-0.05, 0) is 38.0 Å². The summed E-state index contributed by atoms with van der Waals surface area (Å²) in [4.78, 5) is 18.0. The quantitative estimate of drug-likeness (QED) is 0.835. The predicted octanol–water partition coefficient (Wildman–Crippen LogP) is 1.46. The van der Waals surface area contributed by atoms with Crippen molar-refractivity contribution in [3.8, 4) is 11.3 Å². The van der Waals surface area contributed by atoms with Crippen LogP contribution in [0.15, 0.2) is 24.5 Å². The molecule has 0 N–H and O–H groups in total. The van der Waals surface area contributed by atoms with Crippen LogP contribution in [0.25, 0.3) is 11.3 Å². The average Bonchev–Trinajstić information content (AvgIpc) is 3.11. The second-order valence-corrected chi connectivity index (χ2v) is 8.47. The number of carbonyl (C=O) groups excluding carboxylic acids is 1. The molecule has 3 heterocycles. The SMILES string of the molecule is CC(C)n1nccc1-c1cnc2c(c1)CCN2C(=O)CS(C)(=O)=O. The van der Waals surface area contributed by atoms with Gasteiger partial charge in [-0.2, -0.15) is 5.10 Å². The summed E-state index contributed by atoms with van der Waals surface area (Å²) in [7, 11) is -3.35. The molecular weight excluding hydrogens is 328 g/mol. The number of amides is 1. The number of fused-ring (bicyclic) bond motifs is 1. The van der Waals surface area contributed by atoms with Gasteiger partial charge < -0.3 is 0 Å². The topological polar surface area (TPSA) is 85.2 Å². The smallest absolute Gasteiger partial charge is 0.243 e. The minimum atomic E-state index is -3.35. The normalized spacial score (nSPS) is 14.2. The van der Waals surface area contributed by atoms with Crippen LogP contribution in [0.3, 0.4) is 0 Å². The number of sulfone groups is 1. The van der Waals surface area contributed by atoms with Gasteiger partial charge in [-0.1, -0.05) is 0 Å². The maximum atomic E-state index is 12.2. The zero-order chi connectivity index (χ0) is 17.5. The van der Waals surface area contributed by atoms with Crippen LogP contribution in [-0.2, 0) is 21.1 Å². The zero-order valence-corrected chi connectivity index (χ0v) is 14.7. The van der Waals surface area contributed by atoms with Gasteiger partial charge in [-0.25, -0.2) is 13.4 Å². The van der Waals surface area contributed by atoms with Gasteiger partial charge in [0.25, 0.3) is 0 Å². The highest BCUT2D eigenvalue weighted by molar-refractivity contribution is 7.91. The van der Waals surface area contributed by atoms with E-state index in [1.807, 2.05) is 16.8 Å². The molecule has 0 aromatic carbocycles. The van der Waals surface area contributed by atoms with E-state index in [1.54, 1.807) is 12.4 Å². The van der Waals surface area contributed by atoms with Crippen molar-refractivity contribution >= 4 is 21.6 Å². The van der Waals surface area contributed by atoms with Crippen molar-refractivity contribution in [3.05, 3.63) is 30.1 Å². The summed E-state index contributed by atoms with van der Waals surface area (Å²) in [6, 6.07) is 4.17. The Morgan fingerprint density at radius 1 is 1.38 bits per heavy atom. The molecule has 0 unspecified atom stereocenters. The average molecular weight is 348 g/mol. The molecule has 1 amide bonds. The standard InChI is InChI=1S/C16H20N4O3S/c1-11(2)20-14(4-6-18-20)13-8-12-5-7-19(16(12)17-9-13)15(21)10-24(3,22)23/h4,6,8-9,11H,5,7,10H2,1-3H3. The van der Waals surface area contributed by atoms with Crippen molar-refractivity contribution in [2.24, 2.45) is 0 Å². The highest BCUT2D eigenvalue weighted by Crippen LogP contribution is 2.30. The molecule has 0 fully saturated rings. The molecule has 2 aromatic rings. The van der Waals surface area contributed by atoms with E-state index >= 15 is 0 Å². The first-order valence-electron chi connectivity index (χ1n) is 7.77. The summed E-state index contributed by atoms with van der Waals surface area (Å²) in [5, 5.41) is 4.33. The number of hydrogen-bond donors (Lipinski definition) is 0. The van der Waals surface area contributed by atoms with E-state index in [1.165, 1.54) is 4.90 Å². The Morgan fingerprint density at radius 2 is 2.12 bits per heavy atom. The predicted molar refractivity (Wildman–Crippen MR) is 91.6 cm³/mol. The number of aromatic nitrogens is 3. The van der Waals surface area contributed by atoms with Gasteiger partial charge in [0.05, 0.1) is 5.69 Å². The molecule has 0 radical (unpaired) electrons. The van der Waals surface area contributed by atoms with Gasteiger partial charge in [-0.15, -0.1) is 0 Å². The molecule has 2 aromatic heterocycles. The number of pyridine rings is 1. The minimum Gasteiger partial charge on any atom is -0.295 e. The molecule has 24 heavy (non-hydrogen) atoms. The van der Waals surface area contributed by atoms with E-state index in [-0.39, 0.29) is 6.04 Å². The van der Waals surface area contributed by atoms with Crippen LogP contribution >= 0.6 is 0 Å². The first-order valence-corrected chi connectivity index (χ1v) is 9.83. The van der Waals surface area contributed by atoms with Gasteiger partial charge in [0.2, 0.25) is 5.91 Å². The fraction of sp³-hybridized carbons (Fsp3) is 0.438. The minimum absolute atomic E-state index is 0.232. The molecule has 7 nitrogen and oxygen atoms in total. The Balaban J connectivity index is 1.91. The molecule has 0 atom stereocenters. The van der Waals surface area contributed by atoms with E-state index < -0.39 is 21.5 Å². The van der Waals surface area contributed by atoms with Crippen molar-refractivity contribution in [3.63, 3.8) is 0 Å². The lowest BCUT2D eigenvalue weighted by atomic mass is 10.1. The number of nitrogens with zero attached hydrogens (tertiary/aromatic N) is 4. The molecule has 128 valence electrons. The van der Waals surface area contributed by atoms with Gasteiger partial charge >= 0.3 is 0 Å². The third-order valence-electron chi connectivity index (χ3n) is 3.95. The van der Waals surface area contributed by atoms with Crippen LogP contribution in [-0.4, -0.2) is 47.6 Å². The summed E-state index contributed by atoms with van der Waals surface area (Å²) in [5.41, 5.74) is 2.87. The van der Waals surface area contributed by atoms with Crippen molar-refractivity contribution in [2.45, 2.75) is 26.3 Å². The lowest BCUT2D eigenvalue weighted by Crippen LogP contribution is -2.34. The number of rotatable bonds is 4. The molecular formula is C16H20N4O3S. The summed E-state index contributed by atoms with van der Waals surface area (Å²) in [5.74, 6) is -0.359. The van der Waals surface area contributed by atoms with Gasteiger partial charge in [0.1, 0.15) is 11.6 Å². The van der Waals surface area contributed by atoms with Crippen molar-refractivity contribution in [1.82, 2.24) is 14.8 Å². The van der Waals surface area contributed by atoms with Crippen LogP contribution < -0.4 is 4.90 Å². The monoisotopic (exact) mass is 348 g/mol. The Hall–Kier alpha value is -2.22. The first-order chi connectivity index (χ1) is 11.3. The van der Waals surface area contributed by atoms with E-state index in [2.05, 4.69) is 23.9 Å². The van der Waals surface area contributed by atoms with E-state index in [9.17, 15) is 13.2 Å². The Bertz CT molecular complexity index is 886. The molecule has 1 aliphatic rings. The maximum Gasteiger partial charge on any atom is 0.243 e. The first kappa shape index (κ1) is 16.6. The third-order valence-corrected chi connectivity index (χ3v) is 4.72. The van der Waals surface area contributed by atoms with Gasteiger partial charge in [0, 0.05) is 36.8 Å². The third kappa shape index (κ3) is 3.19. The molecule has 0 saturated heterocycles. The lowest BCUT2D eigenvalue weighted by molar-refractivity contribution is -0.116. The Morgan fingerprint density at radius 3 is 2.79 bits per heavy atom. The highest BCUT2D eigenvalue weighted by Gasteiger charge is 2.28. The van der Waals surface area contributed by atoms with Crippen LogP contribution in [0.4, 0.5) is 5.82 Å². The van der Waals surface area contributed by atoms with Crippen molar-refractivity contribution in [2.75, 3.05) is 23.5 Å². The Kier molecular flexibility index (Phi) is 4.16. The van der Waals surface area contributed by atoms with E-state index in [4.69, 9.17) is 0 Å². The number of hydrogen-bond acceptors (Lipinski definition) is 5. The number of anilines is 1. The van der Waals surface area contributed by atoms with E-state index in [0.717, 1.165) is 23.1 Å². The molecule has 1 aliphatic heterocycles. The lowest BCUT2D eigenvalue weighted by Gasteiger charge is -2.16. The molecule has 0 spiro atoms. The fourth-order valence-corrected chi connectivity index (χ4v) is 3.51. The summed E-state index contributed by atoms with van der Waals surface area (Å²) in [6.07, 6.45) is 5.19. The van der Waals surface area contributed by atoms with Crippen molar-refractivity contribution < 1.29 is 13.2 Å². The maximum absolute atomic E-state index is 12.2. The second-order valence-electron chi connectivity index (χ2n) is 6.33. The summed E-state index contributed by atoms with van der Waals surface area (Å²) >= 11 is 0. The molecule has 0 bridgehead atoms. The van der Waals surface area contributed by atoms with Crippen molar-refractivity contribution in [1.29, 1.82) is 0 Å². The number of carbonyl (C=O) groups is 1. The molecule has 0 aliphatic carbocycles. The second kappa shape index (κ2) is 6.01.